The van der Waals surface area contributed by atoms with Crippen molar-refractivity contribution >= 4 is 11.7 Å². The van der Waals surface area contributed by atoms with Crippen LogP contribution in [-0.4, -0.2) is 59.7 Å². The second-order valence-corrected chi connectivity index (χ2v) is 6.52. The molecule has 1 N–H and O–H groups in total. The van der Waals surface area contributed by atoms with Crippen LogP contribution in [0.4, 0.5) is 0 Å². The van der Waals surface area contributed by atoms with Gasteiger partial charge in [0.2, 0.25) is 0 Å². The fraction of sp³-hybridized carbons (Fsp3) is 0.647. The Balaban J connectivity index is 2.20. The molecule has 0 radical (unpaired) electrons. The van der Waals surface area contributed by atoms with Gasteiger partial charge in [-0.1, -0.05) is 0 Å². The fourth-order valence-corrected chi connectivity index (χ4v) is 3.38. The molecule has 0 saturated carbocycles. The van der Waals surface area contributed by atoms with E-state index in [1.54, 1.807) is 0 Å². The zero-order valence-corrected chi connectivity index (χ0v) is 14.3. The molecule has 1 aromatic heterocycles. The molecule has 122 valence electrons. The van der Waals surface area contributed by atoms with Crippen molar-refractivity contribution < 1.29 is 9.59 Å². The second-order valence-electron chi connectivity index (χ2n) is 6.52. The van der Waals surface area contributed by atoms with Crippen molar-refractivity contribution in [1.82, 2.24) is 14.8 Å². The molecule has 0 aliphatic carbocycles. The summed E-state index contributed by atoms with van der Waals surface area (Å²) in [4.78, 5) is 31.8. The Bertz CT molecular complexity index is 575. The third kappa shape index (κ3) is 3.24. The number of carbonyl (C=O) groups excluding carboxylic acids is 2. The van der Waals surface area contributed by atoms with Gasteiger partial charge in [0.15, 0.2) is 5.78 Å². The molecule has 1 fully saturated rings. The van der Waals surface area contributed by atoms with E-state index in [1.165, 1.54) is 6.92 Å². The van der Waals surface area contributed by atoms with Crippen molar-refractivity contribution in [2.24, 2.45) is 0 Å². The number of nitrogens with one attached hydrogen (secondary N) is 1. The molecule has 1 amide bonds. The third-order valence-corrected chi connectivity index (χ3v) is 4.72. The number of likely N-dealkylation sites (tertiary alicyclic amines) is 1. The first kappa shape index (κ1) is 16.7. The zero-order chi connectivity index (χ0) is 16.4. The third-order valence-electron chi connectivity index (χ3n) is 4.72. The molecule has 0 aromatic carbocycles. The average Bonchev–Trinajstić information content (AvgIpc) is 2.65. The number of nitrogens with zero attached hydrogens (tertiary/aromatic N) is 2. The molecule has 1 aliphatic heterocycles. The van der Waals surface area contributed by atoms with Crippen LogP contribution in [0.15, 0.2) is 0 Å². The maximum atomic E-state index is 12.9. The first-order chi connectivity index (χ1) is 10.3. The predicted molar refractivity (Wildman–Crippen MR) is 87.5 cm³/mol. The molecule has 5 heteroatoms. The molecule has 1 aromatic rings. The smallest absolute Gasteiger partial charge is 0.255 e. The summed E-state index contributed by atoms with van der Waals surface area (Å²) in [6.45, 7) is 6.82. The summed E-state index contributed by atoms with van der Waals surface area (Å²) < 4.78 is 0. The van der Waals surface area contributed by atoms with E-state index < -0.39 is 0 Å². The quantitative estimate of drug-likeness (QED) is 0.872. The Kier molecular flexibility index (Phi) is 5.06. The largest absolute Gasteiger partial charge is 0.355 e. The highest BCUT2D eigenvalue weighted by atomic mass is 16.2. The first-order valence-corrected chi connectivity index (χ1v) is 7.98. The van der Waals surface area contributed by atoms with Gasteiger partial charge < -0.3 is 14.8 Å². The van der Waals surface area contributed by atoms with Gasteiger partial charge in [0.1, 0.15) is 0 Å². The topological polar surface area (TPSA) is 56.4 Å². The number of ketones is 1. The Morgan fingerprint density at radius 1 is 1.18 bits per heavy atom. The number of hydrogen-bond acceptors (Lipinski definition) is 3. The van der Waals surface area contributed by atoms with E-state index in [9.17, 15) is 9.59 Å². The van der Waals surface area contributed by atoms with Crippen LogP contribution in [0.3, 0.4) is 0 Å². The summed E-state index contributed by atoms with van der Waals surface area (Å²) in [5.74, 6) is 0.0290. The van der Waals surface area contributed by atoms with Crippen LogP contribution in [0.1, 0.15) is 58.3 Å². The Morgan fingerprint density at radius 2 is 1.86 bits per heavy atom. The van der Waals surface area contributed by atoms with E-state index in [-0.39, 0.29) is 11.7 Å². The molecule has 1 aliphatic rings. The zero-order valence-electron chi connectivity index (χ0n) is 14.3. The van der Waals surface area contributed by atoms with E-state index in [1.807, 2.05) is 18.7 Å². The van der Waals surface area contributed by atoms with Gasteiger partial charge in [0.25, 0.3) is 5.91 Å². The van der Waals surface area contributed by atoms with Gasteiger partial charge in [-0.15, -0.1) is 0 Å². The molecular formula is C17H27N3O2. The van der Waals surface area contributed by atoms with Crippen molar-refractivity contribution in [2.75, 3.05) is 27.2 Å². The minimum atomic E-state index is -0.0248. The number of H-pyrrole nitrogens is 1. The normalized spacial score (nSPS) is 19.4. The van der Waals surface area contributed by atoms with Gasteiger partial charge in [-0.05, 0) is 52.8 Å². The summed E-state index contributed by atoms with van der Waals surface area (Å²) >= 11 is 0. The monoisotopic (exact) mass is 305 g/mol. The number of carbonyl (C=O) groups is 2. The summed E-state index contributed by atoms with van der Waals surface area (Å²) in [5, 5.41) is 0. The van der Waals surface area contributed by atoms with E-state index in [4.69, 9.17) is 0 Å². The summed E-state index contributed by atoms with van der Waals surface area (Å²) in [6.07, 6.45) is 3.15. The van der Waals surface area contributed by atoms with Gasteiger partial charge >= 0.3 is 0 Å². The van der Waals surface area contributed by atoms with E-state index in [0.29, 0.717) is 17.3 Å². The van der Waals surface area contributed by atoms with Crippen LogP contribution in [0.5, 0.6) is 0 Å². The van der Waals surface area contributed by atoms with Gasteiger partial charge in [-0.3, -0.25) is 9.59 Å². The van der Waals surface area contributed by atoms with Crippen molar-refractivity contribution in [2.45, 2.75) is 46.1 Å². The van der Waals surface area contributed by atoms with E-state index in [0.717, 1.165) is 43.6 Å². The minimum Gasteiger partial charge on any atom is -0.355 e. The highest BCUT2D eigenvalue weighted by Crippen LogP contribution is 2.23. The van der Waals surface area contributed by atoms with E-state index in [2.05, 4.69) is 24.0 Å². The summed E-state index contributed by atoms with van der Waals surface area (Å²) in [6, 6.07) is 0.541. The Labute approximate surface area is 132 Å². The van der Waals surface area contributed by atoms with Crippen LogP contribution in [0, 0.1) is 13.8 Å². The molecule has 2 rings (SSSR count). The van der Waals surface area contributed by atoms with E-state index >= 15 is 0 Å². The van der Waals surface area contributed by atoms with Crippen LogP contribution in [0.2, 0.25) is 0 Å². The Morgan fingerprint density at radius 3 is 2.41 bits per heavy atom. The number of amides is 1. The summed E-state index contributed by atoms with van der Waals surface area (Å²) in [7, 11) is 4.20. The van der Waals surface area contributed by atoms with Gasteiger partial charge in [-0.25, -0.2) is 0 Å². The van der Waals surface area contributed by atoms with Crippen molar-refractivity contribution in [3.63, 3.8) is 0 Å². The number of rotatable bonds is 3. The molecule has 5 nitrogen and oxygen atoms in total. The fourth-order valence-electron chi connectivity index (χ4n) is 3.38. The highest BCUT2D eigenvalue weighted by molar-refractivity contribution is 6.02. The molecule has 22 heavy (non-hydrogen) atoms. The summed E-state index contributed by atoms with van der Waals surface area (Å²) in [5.41, 5.74) is 2.81. The first-order valence-electron chi connectivity index (χ1n) is 7.98. The van der Waals surface area contributed by atoms with Crippen molar-refractivity contribution in [1.29, 1.82) is 0 Å². The van der Waals surface area contributed by atoms with Crippen LogP contribution in [-0.2, 0) is 0 Å². The van der Waals surface area contributed by atoms with Gasteiger partial charge in [0.05, 0.1) is 11.3 Å². The molecule has 1 atom stereocenters. The highest BCUT2D eigenvalue weighted by Gasteiger charge is 2.27. The lowest BCUT2D eigenvalue weighted by atomic mass is 10.1. The molecule has 0 spiro atoms. The second kappa shape index (κ2) is 6.65. The number of Topliss-reactive ketones (excluding diaryl/α,β-unsaturated/α-hetero) is 1. The van der Waals surface area contributed by atoms with Crippen molar-refractivity contribution in [3.8, 4) is 0 Å². The lowest BCUT2D eigenvalue weighted by Crippen LogP contribution is -2.34. The number of aryl methyl sites for hydroxylation is 1. The Hall–Kier alpha value is -1.62. The molecular weight excluding hydrogens is 278 g/mol. The predicted octanol–water partition coefficient (Wildman–Crippen LogP) is 2.39. The van der Waals surface area contributed by atoms with Crippen LogP contribution >= 0.6 is 0 Å². The number of hydrogen-bond donors (Lipinski definition) is 1. The minimum absolute atomic E-state index is 0.0248. The van der Waals surface area contributed by atoms with Gasteiger partial charge in [0, 0.05) is 31.7 Å². The van der Waals surface area contributed by atoms with Crippen molar-refractivity contribution in [3.05, 3.63) is 22.5 Å². The maximum Gasteiger partial charge on any atom is 0.255 e. The maximum absolute atomic E-state index is 12.9. The van der Waals surface area contributed by atoms with Crippen LogP contribution < -0.4 is 0 Å². The number of aromatic nitrogens is 1. The molecule has 0 unspecified atom stereocenters. The molecule has 0 bridgehead atoms. The van der Waals surface area contributed by atoms with Crippen LogP contribution in [0.25, 0.3) is 0 Å². The lowest BCUT2D eigenvalue weighted by molar-refractivity contribution is 0.0757. The van der Waals surface area contributed by atoms with Gasteiger partial charge in [-0.2, -0.15) is 0 Å². The number of aromatic amines is 1. The molecule has 2 heterocycles. The standard InChI is InChI=1S/C17H27N3O2/c1-11-15(12(2)18-16(11)13(3)21)17(22)20-9-6-7-14(8-10-20)19(4)5/h14,18H,6-10H2,1-5H3/t14-/m0/s1. The molecule has 1 saturated heterocycles. The average molecular weight is 305 g/mol. The SMILES string of the molecule is CC(=O)c1[nH]c(C)c(C(=O)N2CCC[C@H](N(C)C)CC2)c1C. The lowest BCUT2D eigenvalue weighted by Gasteiger charge is -2.23.